The van der Waals surface area contributed by atoms with Crippen molar-refractivity contribution in [2.75, 3.05) is 0 Å². The molecule has 5 atom stereocenters. The molecule has 52 heavy (non-hydrogen) atoms. The Labute approximate surface area is 318 Å². The molecule has 27 heteroatoms. The summed E-state index contributed by atoms with van der Waals surface area (Å²) in [6.45, 7) is 0. The van der Waals surface area contributed by atoms with Crippen molar-refractivity contribution in [3.63, 3.8) is 0 Å². The maximum atomic E-state index is 9.86. The maximum Gasteiger partial charge on any atom is 0.0582 e. The molecule has 25 nitrogen and oxygen atoms in total. The number of carboxylic acid groups (broad SMARTS) is 10. The molecule has 10 N–H and O–H groups in total. The number of carboxylic acids is 10. The molecule has 0 aromatic rings. The van der Waals surface area contributed by atoms with Crippen molar-refractivity contribution in [1.29, 1.82) is 0 Å². The van der Waals surface area contributed by atoms with E-state index in [0.717, 1.165) is 0 Å². The molecular weight excluding hydrogens is 792 g/mol. The molecule has 0 aliphatic rings. The van der Waals surface area contributed by atoms with Gasteiger partial charge in [-0.3, -0.25) is 0 Å². The van der Waals surface area contributed by atoms with Gasteiger partial charge in [0.25, 0.3) is 0 Å². The summed E-state index contributed by atoms with van der Waals surface area (Å²) in [6, 6.07) is -6.05. The van der Waals surface area contributed by atoms with Gasteiger partial charge in [0.15, 0.2) is 0 Å². The van der Waals surface area contributed by atoms with Crippen molar-refractivity contribution in [3.8, 4) is 0 Å². The first-order valence-electron chi connectivity index (χ1n) is 13.5. The fourth-order valence-electron chi connectivity index (χ4n) is 1.96. The molecule has 2 radical (unpaired) electrons. The molecular formula is C25H35N5O20V2-10. The van der Waals surface area contributed by atoms with Gasteiger partial charge < -0.3 is 128 Å². The van der Waals surface area contributed by atoms with E-state index in [0.29, 0.717) is 0 Å². The molecule has 0 bridgehead atoms. The Bertz CT molecular complexity index is 933. The van der Waals surface area contributed by atoms with E-state index in [4.69, 9.17) is 28.7 Å². The normalized spacial score (nSPS) is 12.0. The van der Waals surface area contributed by atoms with Crippen LogP contribution in [-0.2, 0) is 85.1 Å². The van der Waals surface area contributed by atoms with Crippen molar-refractivity contribution >= 4 is 59.7 Å². The number of carbonyl (C=O) groups excluding carboxylic acids is 10. The van der Waals surface area contributed by atoms with Crippen LogP contribution in [0, 0.1) is 0 Å². The molecule has 0 rings (SSSR count). The van der Waals surface area contributed by atoms with Crippen LogP contribution < -0.4 is 79.7 Å². The van der Waals surface area contributed by atoms with Crippen LogP contribution in [0.2, 0.25) is 0 Å². The quantitative estimate of drug-likeness (QED) is 0.0760. The van der Waals surface area contributed by atoms with Crippen molar-refractivity contribution in [1.82, 2.24) is 0 Å². The Hall–Kier alpha value is -4.33. The summed E-state index contributed by atoms with van der Waals surface area (Å²) < 4.78 is 0. The van der Waals surface area contributed by atoms with Gasteiger partial charge in [0, 0.05) is 97.2 Å². The predicted octanol–water partition coefficient (Wildman–Crippen LogP) is -17.0. The maximum absolute atomic E-state index is 9.86. The molecule has 0 aliphatic heterocycles. The smallest absolute Gasteiger partial charge is 0.0582 e. The Morgan fingerprint density at radius 1 is 0.288 bits per heavy atom. The zero-order chi connectivity index (χ0) is 40.7. The molecule has 0 spiro atoms. The van der Waals surface area contributed by atoms with Crippen molar-refractivity contribution in [2.24, 2.45) is 28.7 Å². The van der Waals surface area contributed by atoms with Crippen LogP contribution in [0.25, 0.3) is 0 Å². The summed E-state index contributed by atoms with van der Waals surface area (Å²) in [5, 5.41) is 98.0. The molecule has 0 amide bonds. The number of nitrogens with two attached hydrogens (primary N) is 5. The number of hydrogen-bond donors (Lipinski definition) is 5. The Balaban J connectivity index is -0.0000000964. The minimum atomic E-state index is -1.44. The van der Waals surface area contributed by atoms with E-state index in [1.807, 2.05) is 0 Å². The fourth-order valence-corrected chi connectivity index (χ4v) is 1.96. The van der Waals surface area contributed by atoms with Crippen LogP contribution in [0.1, 0.15) is 64.2 Å². The van der Waals surface area contributed by atoms with Crippen LogP contribution >= 0.6 is 0 Å². The molecule has 5 unspecified atom stereocenters. The molecule has 0 heterocycles. The van der Waals surface area contributed by atoms with Gasteiger partial charge in [0.1, 0.15) is 0 Å². The number of rotatable bonds is 20. The van der Waals surface area contributed by atoms with Gasteiger partial charge in [-0.25, -0.2) is 0 Å². The van der Waals surface area contributed by atoms with Gasteiger partial charge in [0.05, 0.1) is 29.8 Å². The second kappa shape index (κ2) is 37.9. The molecule has 0 saturated heterocycles. The van der Waals surface area contributed by atoms with Gasteiger partial charge in [-0.1, -0.05) is 0 Å². The summed E-state index contributed by atoms with van der Waals surface area (Å²) in [5.74, 6) is -13.8. The van der Waals surface area contributed by atoms with Gasteiger partial charge in [-0.2, -0.15) is 0 Å². The molecule has 0 aromatic carbocycles. The number of aliphatic carboxylic acids is 10. The Morgan fingerprint density at radius 3 is 0.442 bits per heavy atom. The zero-order valence-corrected chi connectivity index (χ0v) is 29.7. The van der Waals surface area contributed by atoms with Crippen LogP contribution in [0.15, 0.2) is 0 Å². The van der Waals surface area contributed by atoms with Crippen molar-refractivity contribution in [2.45, 2.75) is 94.4 Å². The summed E-state index contributed by atoms with van der Waals surface area (Å²) in [5.41, 5.74) is 24.6. The van der Waals surface area contributed by atoms with Crippen molar-refractivity contribution in [3.05, 3.63) is 0 Å². The average molecular weight is 827 g/mol. The molecule has 300 valence electrons. The van der Waals surface area contributed by atoms with E-state index in [9.17, 15) is 99.0 Å². The van der Waals surface area contributed by atoms with Crippen molar-refractivity contribution < 1.29 is 136 Å². The fraction of sp³-hybridized carbons (Fsp3) is 0.600. The molecule has 0 aliphatic carbocycles. The monoisotopic (exact) mass is 827 g/mol. The first-order valence-corrected chi connectivity index (χ1v) is 13.5. The van der Waals surface area contributed by atoms with Gasteiger partial charge in [-0.15, -0.1) is 0 Å². The summed E-state index contributed by atoms with van der Waals surface area (Å²) in [4.78, 5) is 98.0. The number of hydrogen-bond acceptors (Lipinski definition) is 25. The molecule has 0 aromatic heterocycles. The predicted molar refractivity (Wildman–Crippen MR) is 136 cm³/mol. The summed E-state index contributed by atoms with van der Waals surface area (Å²) in [6.07, 6.45) is -2.50. The van der Waals surface area contributed by atoms with E-state index in [1.54, 1.807) is 0 Å². The van der Waals surface area contributed by atoms with Gasteiger partial charge >= 0.3 is 0 Å². The average Bonchev–Trinajstić information content (AvgIpc) is 2.99. The molecule has 0 fully saturated rings. The minimum absolute atomic E-state index is 0. The third-order valence-corrected chi connectivity index (χ3v) is 4.81. The van der Waals surface area contributed by atoms with Gasteiger partial charge in [-0.05, 0) is 64.2 Å². The van der Waals surface area contributed by atoms with E-state index < -0.39 is 89.9 Å². The third kappa shape index (κ3) is 55.1. The van der Waals surface area contributed by atoms with Crippen LogP contribution in [0.4, 0.5) is 0 Å². The standard InChI is InChI=1S/5C5H9NO4.2V/c5*6-3(5(9)10)1-2-4(7)8;;/h5*3H,1-2,6H2,(H,7,8)(H,9,10);;/p-10. The first-order chi connectivity index (χ1) is 22.7. The zero-order valence-electron chi connectivity index (χ0n) is 26.9. The van der Waals surface area contributed by atoms with Crippen LogP contribution in [0.3, 0.4) is 0 Å². The summed E-state index contributed by atoms with van der Waals surface area (Å²) >= 11 is 0. The largest absolute Gasteiger partial charge is 0.550 e. The second-order valence-electron chi connectivity index (χ2n) is 9.18. The van der Waals surface area contributed by atoms with E-state index in [1.165, 1.54) is 0 Å². The topological polar surface area (TPSA) is 531 Å². The van der Waals surface area contributed by atoms with Crippen LogP contribution in [-0.4, -0.2) is 89.9 Å². The SMILES string of the molecule is NC(CCC(=O)[O-])C(=O)[O-].NC(CCC(=O)[O-])C(=O)[O-].NC(CCC(=O)[O-])C(=O)[O-].NC(CCC(=O)[O-])C(=O)[O-].NC(CCC(=O)[O-])C(=O)[O-].[V].[V]. The summed E-state index contributed by atoms with van der Waals surface area (Å²) in [7, 11) is 0. The van der Waals surface area contributed by atoms with Gasteiger partial charge in [0.2, 0.25) is 0 Å². The molecule has 0 saturated carbocycles. The Kier molecular flexibility index (Phi) is 45.8. The van der Waals surface area contributed by atoms with Crippen LogP contribution in [0.5, 0.6) is 0 Å². The minimum Gasteiger partial charge on any atom is -0.550 e. The van der Waals surface area contributed by atoms with E-state index in [2.05, 4.69) is 0 Å². The second-order valence-corrected chi connectivity index (χ2v) is 9.18. The van der Waals surface area contributed by atoms with E-state index >= 15 is 0 Å². The van der Waals surface area contributed by atoms with E-state index in [-0.39, 0.29) is 101 Å². The first kappa shape index (κ1) is 62.8. The number of carbonyl (C=O) groups is 10. The Morgan fingerprint density at radius 2 is 0.385 bits per heavy atom. The third-order valence-electron chi connectivity index (χ3n) is 4.81.